The molecule has 0 aliphatic heterocycles. The van der Waals surface area contributed by atoms with Gasteiger partial charge in [0.05, 0.1) is 11.9 Å². The third kappa shape index (κ3) is 3.39. The van der Waals surface area contributed by atoms with Crippen molar-refractivity contribution in [2.75, 3.05) is 11.5 Å². The number of hydrogen-bond acceptors (Lipinski definition) is 7. The van der Waals surface area contributed by atoms with Gasteiger partial charge in [-0.05, 0) is 24.0 Å². The lowest BCUT2D eigenvalue weighted by molar-refractivity contribution is 0.470. The van der Waals surface area contributed by atoms with Crippen LogP contribution >= 0.6 is 12.6 Å². The molecule has 3 rings (SSSR count). The molecule has 130 valence electrons. The number of rotatable bonds is 4. The second-order valence-electron chi connectivity index (χ2n) is 6.01. The summed E-state index contributed by atoms with van der Waals surface area (Å²) < 4.78 is 7.91. The highest BCUT2D eigenvalue weighted by Gasteiger charge is 2.16. The van der Waals surface area contributed by atoms with Crippen molar-refractivity contribution < 1.29 is 4.74 Å². The number of thiol groups is 1. The lowest BCUT2D eigenvalue weighted by Gasteiger charge is -2.18. The number of nitrogen functional groups attached to an aromatic ring is 2. The fraction of sp³-hybridized carbons (Fsp3) is 0.235. The normalized spacial score (nSPS) is 11.1. The van der Waals surface area contributed by atoms with Crippen molar-refractivity contribution in [3.05, 3.63) is 41.9 Å². The zero-order valence-corrected chi connectivity index (χ0v) is 15.2. The van der Waals surface area contributed by atoms with Gasteiger partial charge in [0.25, 0.3) is 0 Å². The highest BCUT2D eigenvalue weighted by Crippen LogP contribution is 2.36. The molecule has 0 saturated heterocycles. The molecule has 2 heterocycles. The van der Waals surface area contributed by atoms with E-state index in [2.05, 4.69) is 47.5 Å². The van der Waals surface area contributed by atoms with Gasteiger partial charge in [-0.1, -0.05) is 19.9 Å². The van der Waals surface area contributed by atoms with Gasteiger partial charge in [0, 0.05) is 18.5 Å². The summed E-state index contributed by atoms with van der Waals surface area (Å²) in [6.07, 6.45) is 5.03. The van der Waals surface area contributed by atoms with Crippen LogP contribution in [0.15, 0.2) is 35.9 Å². The number of hydrogen-bond donors (Lipinski definition) is 3. The number of nitrogens with two attached hydrogens (primary N) is 2. The maximum Gasteiger partial charge on any atom is 0.222 e. The van der Waals surface area contributed by atoms with Crippen molar-refractivity contribution in [3.63, 3.8) is 0 Å². The van der Waals surface area contributed by atoms with Gasteiger partial charge in [0.2, 0.25) is 5.95 Å². The smallest absolute Gasteiger partial charge is 0.222 e. The minimum Gasteiger partial charge on any atom is -0.451 e. The molecule has 0 radical (unpaired) electrons. The maximum atomic E-state index is 6.03. The van der Waals surface area contributed by atoms with Crippen LogP contribution in [0.2, 0.25) is 0 Å². The Labute approximate surface area is 151 Å². The predicted octanol–water partition coefficient (Wildman–Crippen LogP) is 3.34. The summed E-state index contributed by atoms with van der Waals surface area (Å²) >= 11 is 4.39. The van der Waals surface area contributed by atoms with Crippen molar-refractivity contribution in [1.29, 1.82) is 0 Å². The molecule has 4 N–H and O–H groups in total. The fourth-order valence-electron chi connectivity index (χ4n) is 2.58. The number of anilines is 2. The fourth-order valence-corrected chi connectivity index (χ4v) is 2.82. The number of imidazole rings is 1. The number of aryl methyl sites for hydroxylation is 1. The highest BCUT2D eigenvalue weighted by molar-refractivity contribution is 7.80. The van der Waals surface area contributed by atoms with E-state index in [-0.39, 0.29) is 17.7 Å². The van der Waals surface area contributed by atoms with Crippen LogP contribution in [0.25, 0.3) is 5.69 Å². The molecular weight excluding hydrogens is 336 g/mol. The van der Waals surface area contributed by atoms with Crippen LogP contribution in [0.5, 0.6) is 11.5 Å². The minimum atomic E-state index is 0.108. The molecule has 0 aliphatic rings. The minimum absolute atomic E-state index is 0.108. The van der Waals surface area contributed by atoms with Crippen LogP contribution in [-0.4, -0.2) is 19.5 Å². The van der Waals surface area contributed by atoms with Gasteiger partial charge in [-0.15, -0.1) is 12.6 Å². The standard InChI is InChI=1S/C17H20N6OS/c1-9(2)11-6-10(3)12(23-5-4-20-17(23)25)7-13(11)24-14-8-21-16(19)22-15(14)18/h4-9H,1-3H3,(H,20,25)(H4,18,19,21,22). The Hall–Kier alpha value is -2.74. The highest BCUT2D eigenvalue weighted by atomic mass is 32.1. The third-order valence-electron chi connectivity index (χ3n) is 3.85. The Balaban J connectivity index is 2.11. The molecule has 25 heavy (non-hydrogen) atoms. The lowest BCUT2D eigenvalue weighted by atomic mass is 9.98. The molecule has 0 spiro atoms. The zero-order valence-electron chi connectivity index (χ0n) is 14.3. The lowest BCUT2D eigenvalue weighted by Crippen LogP contribution is -2.04. The van der Waals surface area contributed by atoms with Crippen LogP contribution in [0.4, 0.5) is 11.8 Å². The molecule has 0 bridgehead atoms. The van der Waals surface area contributed by atoms with E-state index in [0.29, 0.717) is 16.7 Å². The summed E-state index contributed by atoms with van der Waals surface area (Å²) in [5, 5.41) is 0.599. The van der Waals surface area contributed by atoms with E-state index in [0.717, 1.165) is 16.8 Å². The average Bonchev–Trinajstić information content (AvgIpc) is 2.97. The molecule has 0 saturated carbocycles. The van der Waals surface area contributed by atoms with Crippen molar-refractivity contribution in [3.8, 4) is 17.2 Å². The Kier molecular flexibility index (Phi) is 4.54. The molecule has 1 aromatic carbocycles. The van der Waals surface area contributed by atoms with Gasteiger partial charge in [0.15, 0.2) is 16.7 Å². The number of benzene rings is 1. The summed E-state index contributed by atoms with van der Waals surface area (Å²) in [4.78, 5) is 12.1. The summed E-state index contributed by atoms with van der Waals surface area (Å²) in [6.45, 7) is 6.25. The number of aromatic nitrogens is 4. The zero-order chi connectivity index (χ0) is 18.1. The average molecular weight is 356 g/mol. The van der Waals surface area contributed by atoms with Gasteiger partial charge in [-0.25, -0.2) is 9.97 Å². The van der Waals surface area contributed by atoms with Crippen LogP contribution in [0, 0.1) is 6.92 Å². The first-order chi connectivity index (χ1) is 11.9. The van der Waals surface area contributed by atoms with Gasteiger partial charge < -0.3 is 16.2 Å². The second-order valence-corrected chi connectivity index (χ2v) is 6.41. The SMILES string of the molecule is Cc1cc(C(C)C)c(Oc2cnc(N)nc2N)cc1-n1ccnc1S. The largest absolute Gasteiger partial charge is 0.451 e. The Morgan fingerprint density at radius 2 is 1.92 bits per heavy atom. The Bertz CT molecular complexity index is 921. The molecule has 0 unspecified atom stereocenters. The topological polar surface area (TPSA) is 105 Å². The van der Waals surface area contributed by atoms with Crippen LogP contribution < -0.4 is 16.2 Å². The van der Waals surface area contributed by atoms with E-state index < -0.39 is 0 Å². The Morgan fingerprint density at radius 1 is 1.16 bits per heavy atom. The third-order valence-corrected chi connectivity index (χ3v) is 4.18. The molecule has 3 aromatic rings. The number of ether oxygens (including phenoxy) is 1. The molecule has 8 heteroatoms. The summed E-state index contributed by atoms with van der Waals surface area (Å²) in [6, 6.07) is 4.04. The maximum absolute atomic E-state index is 6.03. The van der Waals surface area contributed by atoms with E-state index in [1.807, 2.05) is 23.8 Å². The quantitative estimate of drug-likeness (QED) is 0.619. The van der Waals surface area contributed by atoms with Gasteiger partial charge in [-0.3, -0.25) is 4.57 Å². The Morgan fingerprint density at radius 3 is 2.52 bits per heavy atom. The predicted molar refractivity (Wildman–Crippen MR) is 101 cm³/mol. The summed E-state index contributed by atoms with van der Waals surface area (Å²) in [5.41, 5.74) is 14.5. The molecule has 0 aliphatic carbocycles. The van der Waals surface area contributed by atoms with Gasteiger partial charge in [0.1, 0.15) is 5.75 Å². The number of nitrogens with zero attached hydrogens (tertiary/aromatic N) is 4. The van der Waals surface area contributed by atoms with E-state index >= 15 is 0 Å². The molecule has 0 atom stereocenters. The van der Waals surface area contributed by atoms with Gasteiger partial charge in [-0.2, -0.15) is 4.98 Å². The first-order valence-corrected chi connectivity index (χ1v) is 8.24. The van der Waals surface area contributed by atoms with E-state index in [9.17, 15) is 0 Å². The molecule has 0 amide bonds. The van der Waals surface area contributed by atoms with Crippen molar-refractivity contribution in [2.45, 2.75) is 31.8 Å². The van der Waals surface area contributed by atoms with E-state index in [1.165, 1.54) is 6.20 Å². The molecule has 2 aromatic heterocycles. The van der Waals surface area contributed by atoms with Crippen LogP contribution in [0.3, 0.4) is 0 Å². The van der Waals surface area contributed by atoms with Gasteiger partial charge >= 0.3 is 0 Å². The molecule has 0 fully saturated rings. The monoisotopic (exact) mass is 356 g/mol. The van der Waals surface area contributed by atoms with Crippen molar-refractivity contribution >= 4 is 24.4 Å². The molecule has 7 nitrogen and oxygen atoms in total. The summed E-state index contributed by atoms with van der Waals surface area (Å²) in [7, 11) is 0. The first-order valence-electron chi connectivity index (χ1n) is 7.80. The van der Waals surface area contributed by atoms with Crippen molar-refractivity contribution in [1.82, 2.24) is 19.5 Å². The van der Waals surface area contributed by atoms with E-state index in [4.69, 9.17) is 16.2 Å². The summed E-state index contributed by atoms with van der Waals surface area (Å²) in [5.74, 6) is 1.61. The second kappa shape index (κ2) is 6.64. The van der Waals surface area contributed by atoms with E-state index in [1.54, 1.807) is 6.20 Å². The first kappa shape index (κ1) is 17.1. The van der Waals surface area contributed by atoms with Crippen LogP contribution in [-0.2, 0) is 0 Å². The van der Waals surface area contributed by atoms with Crippen LogP contribution in [0.1, 0.15) is 30.9 Å². The molecular formula is C17H20N6OS. The van der Waals surface area contributed by atoms with Crippen molar-refractivity contribution in [2.24, 2.45) is 0 Å².